The molecule has 158 valence electrons. The Labute approximate surface area is 169 Å². The fourth-order valence-electron chi connectivity index (χ4n) is 4.20. The maximum Gasteiger partial charge on any atom is 0.394 e. The van der Waals surface area contributed by atoms with Gasteiger partial charge in [0, 0.05) is 43.4 Å². The van der Waals surface area contributed by atoms with E-state index in [0.29, 0.717) is 22.2 Å². The van der Waals surface area contributed by atoms with E-state index in [1.54, 1.807) is 18.2 Å². The smallest absolute Gasteiger partial charge is 0.370 e. The van der Waals surface area contributed by atoms with E-state index in [0.717, 1.165) is 0 Å². The van der Waals surface area contributed by atoms with Crippen LogP contribution in [0.3, 0.4) is 0 Å². The number of nitrogens with one attached hydrogen (secondary N) is 2. The molecule has 1 amide bonds. The van der Waals surface area contributed by atoms with Gasteiger partial charge in [0.1, 0.15) is 12.2 Å². The summed E-state index contributed by atoms with van der Waals surface area (Å²) in [6.45, 7) is -0.316. The predicted molar refractivity (Wildman–Crippen MR) is 101 cm³/mol. The number of rotatable bonds is 3. The van der Waals surface area contributed by atoms with Crippen molar-refractivity contribution in [2.45, 2.75) is 18.4 Å². The minimum atomic E-state index is -4.58. The monoisotopic (exact) mass is 421 g/mol. The third-order valence-corrected chi connectivity index (χ3v) is 5.75. The average Bonchev–Trinajstić information content (AvgIpc) is 3.34. The second-order valence-electron chi connectivity index (χ2n) is 7.59. The number of nitriles is 1. The Morgan fingerprint density at radius 3 is 2.73 bits per heavy atom. The Morgan fingerprint density at radius 1 is 1.27 bits per heavy atom. The van der Waals surface area contributed by atoms with Crippen LogP contribution in [-0.4, -0.2) is 55.5 Å². The molecule has 10 heteroatoms. The maximum absolute atomic E-state index is 13.8. The molecule has 0 bridgehead atoms. The van der Waals surface area contributed by atoms with E-state index in [9.17, 15) is 27.6 Å². The zero-order valence-corrected chi connectivity index (χ0v) is 15.8. The number of carbonyl (C=O) groups excluding carboxylic acids is 1. The number of pyridine rings is 1. The van der Waals surface area contributed by atoms with E-state index in [1.807, 2.05) is 6.07 Å². The van der Waals surface area contributed by atoms with Crippen LogP contribution in [0.25, 0.3) is 10.9 Å². The Balaban J connectivity index is 1.64. The number of carbonyl (C=O) groups is 1. The molecular weight excluding hydrogens is 402 g/mol. The third kappa shape index (κ3) is 3.65. The Hall–Kier alpha value is -2.93. The summed E-state index contributed by atoms with van der Waals surface area (Å²) in [6, 6.07) is 7.61. The van der Waals surface area contributed by atoms with Gasteiger partial charge in [-0.2, -0.15) is 18.4 Å². The van der Waals surface area contributed by atoms with Gasteiger partial charge in [0.05, 0.1) is 29.0 Å². The van der Waals surface area contributed by atoms with Crippen molar-refractivity contribution in [3.63, 3.8) is 0 Å². The number of nitrogens with zero attached hydrogens (tertiary/aromatic N) is 3. The molecule has 6 nitrogen and oxygen atoms in total. The molecule has 2 aromatic rings. The van der Waals surface area contributed by atoms with E-state index in [1.165, 1.54) is 17.2 Å². The second kappa shape index (κ2) is 7.72. The van der Waals surface area contributed by atoms with Gasteiger partial charge >= 0.3 is 6.18 Å². The lowest BCUT2D eigenvalue weighted by atomic mass is 9.94. The van der Waals surface area contributed by atoms with E-state index in [2.05, 4.69) is 15.6 Å². The van der Waals surface area contributed by atoms with Gasteiger partial charge < -0.3 is 15.5 Å². The fourth-order valence-corrected chi connectivity index (χ4v) is 4.20. The molecule has 0 saturated carbocycles. The molecule has 2 fully saturated rings. The normalized spacial score (nSPS) is 26.7. The van der Waals surface area contributed by atoms with Crippen molar-refractivity contribution in [1.29, 1.82) is 5.26 Å². The van der Waals surface area contributed by atoms with Crippen molar-refractivity contribution in [2.24, 2.45) is 11.8 Å². The molecule has 4 atom stereocenters. The van der Waals surface area contributed by atoms with Crippen LogP contribution in [0.5, 0.6) is 0 Å². The summed E-state index contributed by atoms with van der Waals surface area (Å²) in [5.74, 6) is -4.04. The number of alkyl halides is 4. The molecule has 2 N–H and O–H groups in total. The van der Waals surface area contributed by atoms with Crippen LogP contribution in [0, 0.1) is 23.2 Å². The Kier molecular flexibility index (Phi) is 5.24. The Bertz CT molecular complexity index is 1000. The molecule has 2 saturated heterocycles. The molecule has 30 heavy (non-hydrogen) atoms. The van der Waals surface area contributed by atoms with Gasteiger partial charge in [0.25, 0.3) is 0 Å². The summed E-state index contributed by atoms with van der Waals surface area (Å²) in [5.41, 5.74) is 1.19. The number of halogens is 4. The molecule has 1 aromatic heterocycles. The predicted octanol–water partition coefficient (Wildman–Crippen LogP) is 2.15. The van der Waals surface area contributed by atoms with Crippen molar-refractivity contribution in [1.82, 2.24) is 15.6 Å². The number of aromatic nitrogens is 1. The number of hydrogen-bond donors (Lipinski definition) is 2. The number of benzene rings is 1. The number of fused-ring (bicyclic) bond motifs is 1. The summed E-state index contributed by atoms with van der Waals surface area (Å²) in [5, 5.41) is 15.0. The lowest BCUT2D eigenvalue weighted by Crippen LogP contribution is -2.47. The summed E-state index contributed by atoms with van der Waals surface area (Å²) in [7, 11) is 0. The van der Waals surface area contributed by atoms with E-state index in [-0.39, 0.29) is 19.6 Å². The van der Waals surface area contributed by atoms with Gasteiger partial charge in [0.15, 0.2) is 0 Å². The van der Waals surface area contributed by atoms with Gasteiger partial charge in [-0.05, 0) is 24.3 Å². The first-order valence-electron chi connectivity index (χ1n) is 9.54. The van der Waals surface area contributed by atoms with Crippen LogP contribution in [0.2, 0.25) is 0 Å². The summed E-state index contributed by atoms with van der Waals surface area (Å²) in [4.78, 5) is 18.3. The lowest BCUT2D eigenvalue weighted by molar-refractivity contribution is -0.182. The first-order valence-corrected chi connectivity index (χ1v) is 9.54. The molecule has 1 aromatic carbocycles. The molecule has 0 radical (unpaired) electrons. The molecule has 2 aliphatic rings. The molecule has 0 spiro atoms. The third-order valence-electron chi connectivity index (χ3n) is 5.75. The zero-order valence-electron chi connectivity index (χ0n) is 15.8. The van der Waals surface area contributed by atoms with Crippen molar-refractivity contribution in [3.05, 3.63) is 36.0 Å². The molecule has 3 heterocycles. The minimum Gasteiger partial charge on any atom is -0.370 e. The summed E-state index contributed by atoms with van der Waals surface area (Å²) in [6.07, 6.45) is -4.40. The molecule has 2 unspecified atom stereocenters. The van der Waals surface area contributed by atoms with Gasteiger partial charge in [-0.1, -0.05) is 0 Å². The highest BCUT2D eigenvalue weighted by Gasteiger charge is 2.53. The SMILES string of the molecule is N#Cc1ccc(N2CC(C(=O)N[C@H]3CNC[C@H]3F)C(C(F)(F)F)C2)c2cccnc12. The standard InChI is InChI=1S/C20H19F4N5O/c21-15-7-26-8-16(15)28-19(30)13-9-29(10-14(13)20(22,23)24)17-4-3-11(6-25)18-12(17)2-1-5-27-18/h1-5,13-16,26H,7-10H2,(H,28,30)/t13?,14?,15-,16+/m1/s1. The number of anilines is 1. The molecular formula is C20H19F4N5O. The zero-order chi connectivity index (χ0) is 21.5. The number of hydrogen-bond acceptors (Lipinski definition) is 5. The van der Waals surface area contributed by atoms with E-state index < -0.39 is 42.7 Å². The maximum atomic E-state index is 13.8. The van der Waals surface area contributed by atoms with E-state index >= 15 is 0 Å². The Morgan fingerprint density at radius 2 is 2.07 bits per heavy atom. The highest BCUT2D eigenvalue weighted by atomic mass is 19.4. The van der Waals surface area contributed by atoms with Gasteiger partial charge in [-0.3, -0.25) is 9.78 Å². The highest BCUT2D eigenvalue weighted by molar-refractivity contribution is 5.95. The first-order chi connectivity index (χ1) is 14.3. The minimum absolute atomic E-state index is 0.0642. The average molecular weight is 421 g/mol. The van der Waals surface area contributed by atoms with Crippen molar-refractivity contribution < 1.29 is 22.4 Å². The van der Waals surface area contributed by atoms with Crippen molar-refractivity contribution in [2.75, 3.05) is 31.1 Å². The largest absolute Gasteiger partial charge is 0.394 e. The summed E-state index contributed by atoms with van der Waals surface area (Å²) >= 11 is 0. The summed E-state index contributed by atoms with van der Waals surface area (Å²) < 4.78 is 55.0. The van der Waals surface area contributed by atoms with Crippen LogP contribution >= 0.6 is 0 Å². The molecule has 0 aliphatic carbocycles. The van der Waals surface area contributed by atoms with Crippen LogP contribution in [0.15, 0.2) is 30.5 Å². The lowest BCUT2D eigenvalue weighted by Gasteiger charge is -2.22. The van der Waals surface area contributed by atoms with Crippen LogP contribution in [0.4, 0.5) is 23.2 Å². The van der Waals surface area contributed by atoms with Crippen LogP contribution < -0.4 is 15.5 Å². The number of amides is 1. The quantitative estimate of drug-likeness (QED) is 0.743. The van der Waals surface area contributed by atoms with Gasteiger partial charge in [-0.15, -0.1) is 0 Å². The van der Waals surface area contributed by atoms with Crippen molar-refractivity contribution in [3.8, 4) is 6.07 Å². The second-order valence-corrected chi connectivity index (χ2v) is 7.59. The molecule has 2 aliphatic heterocycles. The van der Waals surface area contributed by atoms with Gasteiger partial charge in [0.2, 0.25) is 5.91 Å². The topological polar surface area (TPSA) is 81.0 Å². The van der Waals surface area contributed by atoms with Crippen LogP contribution in [-0.2, 0) is 4.79 Å². The fraction of sp³-hybridized carbons (Fsp3) is 0.450. The van der Waals surface area contributed by atoms with E-state index in [4.69, 9.17) is 0 Å². The molecule has 4 rings (SSSR count). The first kappa shape index (κ1) is 20.3. The van der Waals surface area contributed by atoms with Crippen LogP contribution in [0.1, 0.15) is 5.56 Å². The highest BCUT2D eigenvalue weighted by Crippen LogP contribution is 2.41. The van der Waals surface area contributed by atoms with Gasteiger partial charge in [-0.25, -0.2) is 4.39 Å². The van der Waals surface area contributed by atoms with Crippen molar-refractivity contribution >= 4 is 22.5 Å².